The molecule has 1 aliphatic carbocycles. The minimum absolute atomic E-state index is 0.0429. The van der Waals surface area contributed by atoms with E-state index in [1.54, 1.807) is 21.6 Å². The number of ether oxygens (including phenoxy) is 3. The van der Waals surface area contributed by atoms with Crippen molar-refractivity contribution in [2.75, 3.05) is 59.1 Å². The fourth-order valence-corrected chi connectivity index (χ4v) is 5.15. The third kappa shape index (κ3) is 8.60. The molecule has 3 heterocycles. The first-order valence-electron chi connectivity index (χ1n) is 15.4. The van der Waals surface area contributed by atoms with Crippen molar-refractivity contribution in [3.05, 3.63) is 29.7 Å². The predicted octanol–water partition coefficient (Wildman–Crippen LogP) is 3.00. The molecule has 246 valence electrons. The van der Waals surface area contributed by atoms with E-state index in [0.717, 1.165) is 12.8 Å². The number of hydrogen-bond donors (Lipinski definition) is 2. The monoisotopic (exact) mass is 634 g/mol. The molecule has 1 atom stereocenters. The first-order valence-corrected chi connectivity index (χ1v) is 15.4. The summed E-state index contributed by atoms with van der Waals surface area (Å²) in [7, 11) is 0. The Hall–Kier alpha value is -3.98. The van der Waals surface area contributed by atoms with Crippen LogP contribution in [0.1, 0.15) is 61.3 Å². The fourth-order valence-electron chi connectivity index (χ4n) is 5.15. The van der Waals surface area contributed by atoms with Gasteiger partial charge < -0.3 is 44.4 Å². The van der Waals surface area contributed by atoms with Gasteiger partial charge in [0.1, 0.15) is 0 Å². The number of rotatable bonds is 12. The van der Waals surface area contributed by atoms with Crippen molar-refractivity contribution in [2.45, 2.75) is 57.7 Å². The molecule has 45 heavy (non-hydrogen) atoms. The summed E-state index contributed by atoms with van der Waals surface area (Å²) in [6.45, 7) is 2.38. The van der Waals surface area contributed by atoms with Gasteiger partial charge in [-0.2, -0.15) is 8.78 Å². The average Bonchev–Trinajstić information content (AvgIpc) is 3.74. The van der Waals surface area contributed by atoms with Gasteiger partial charge in [0.2, 0.25) is 11.8 Å². The number of morpholine rings is 1. The van der Waals surface area contributed by atoms with Crippen molar-refractivity contribution in [2.24, 2.45) is 5.73 Å². The Morgan fingerprint density at radius 3 is 2.40 bits per heavy atom. The lowest BCUT2D eigenvalue weighted by Crippen LogP contribution is -2.53. The molecule has 4 amide bonds. The van der Waals surface area contributed by atoms with Gasteiger partial charge in [0.05, 0.1) is 25.9 Å². The Labute approximate surface area is 259 Å². The van der Waals surface area contributed by atoms with Crippen LogP contribution in [-0.2, 0) is 9.53 Å². The van der Waals surface area contributed by atoms with Crippen molar-refractivity contribution in [1.29, 1.82) is 0 Å². The molecule has 3 N–H and O–H groups in total. The molecule has 2 aromatic rings. The second-order valence-electron chi connectivity index (χ2n) is 11.4. The number of nitrogens with two attached hydrogens (primary N) is 1. The van der Waals surface area contributed by atoms with E-state index in [-0.39, 0.29) is 59.3 Å². The predicted molar refractivity (Wildman–Crippen MR) is 157 cm³/mol. The van der Waals surface area contributed by atoms with Gasteiger partial charge in [-0.1, -0.05) is 0 Å². The zero-order valence-electron chi connectivity index (χ0n) is 25.3. The second kappa shape index (κ2) is 14.9. The topological polar surface area (TPSA) is 153 Å². The lowest BCUT2D eigenvalue weighted by Gasteiger charge is -2.34. The van der Waals surface area contributed by atoms with Gasteiger partial charge in [-0.05, 0) is 50.8 Å². The van der Waals surface area contributed by atoms with Crippen LogP contribution in [0.15, 0.2) is 22.6 Å². The molecule has 2 saturated heterocycles. The zero-order valence-corrected chi connectivity index (χ0v) is 25.3. The molecule has 0 bridgehead atoms. The number of carbonyl (C=O) groups excluding carboxylic acids is 3. The highest BCUT2D eigenvalue weighted by atomic mass is 19.3. The molecule has 13 nitrogen and oxygen atoms in total. The lowest BCUT2D eigenvalue weighted by atomic mass is 10.2. The molecule has 1 aromatic heterocycles. The highest BCUT2D eigenvalue weighted by Gasteiger charge is 2.32. The van der Waals surface area contributed by atoms with Crippen LogP contribution in [0, 0.1) is 0 Å². The summed E-state index contributed by atoms with van der Waals surface area (Å²) in [5, 5.41) is 2.96. The maximum Gasteiger partial charge on any atom is 0.387 e. The normalized spacial score (nSPS) is 17.8. The largest absolute Gasteiger partial charge is 0.490 e. The number of benzene rings is 1. The van der Waals surface area contributed by atoms with Crippen molar-refractivity contribution in [3.63, 3.8) is 0 Å². The van der Waals surface area contributed by atoms with E-state index in [1.807, 2.05) is 0 Å². The number of alkyl halides is 2. The Bertz CT molecular complexity index is 1340. The van der Waals surface area contributed by atoms with Crippen molar-refractivity contribution >= 4 is 17.8 Å². The van der Waals surface area contributed by atoms with Gasteiger partial charge in [-0.3, -0.25) is 9.59 Å². The number of carbonyl (C=O) groups is 3. The van der Waals surface area contributed by atoms with Gasteiger partial charge >= 0.3 is 12.6 Å². The van der Waals surface area contributed by atoms with E-state index in [9.17, 15) is 23.2 Å². The molecular weight excluding hydrogens is 594 g/mol. The van der Waals surface area contributed by atoms with E-state index in [2.05, 4.69) is 15.0 Å². The summed E-state index contributed by atoms with van der Waals surface area (Å²) in [6.07, 6.45) is 3.40. The fraction of sp³-hybridized carbons (Fsp3) is 0.600. The lowest BCUT2D eigenvalue weighted by molar-refractivity contribution is -0.135. The van der Waals surface area contributed by atoms with Crippen LogP contribution >= 0.6 is 0 Å². The number of oxazole rings is 1. The van der Waals surface area contributed by atoms with Crippen LogP contribution in [0.25, 0.3) is 11.5 Å². The molecule has 1 saturated carbocycles. The van der Waals surface area contributed by atoms with Crippen LogP contribution < -0.4 is 20.5 Å². The molecule has 3 aliphatic rings. The Balaban J connectivity index is 1.23. The summed E-state index contributed by atoms with van der Waals surface area (Å²) >= 11 is 0. The van der Waals surface area contributed by atoms with Crippen molar-refractivity contribution < 1.29 is 41.8 Å². The molecule has 5 rings (SSSR count). The smallest absolute Gasteiger partial charge is 0.387 e. The van der Waals surface area contributed by atoms with Crippen LogP contribution in [-0.4, -0.2) is 109 Å². The van der Waals surface area contributed by atoms with E-state index in [1.165, 1.54) is 18.2 Å². The van der Waals surface area contributed by atoms with Crippen LogP contribution in [0.4, 0.5) is 13.6 Å². The quantitative estimate of drug-likeness (QED) is 0.336. The number of urea groups is 1. The van der Waals surface area contributed by atoms with E-state index < -0.39 is 12.7 Å². The Morgan fingerprint density at radius 2 is 1.73 bits per heavy atom. The third-order valence-corrected chi connectivity index (χ3v) is 7.84. The van der Waals surface area contributed by atoms with Gasteiger partial charge in [0.15, 0.2) is 23.0 Å². The number of piperazine rings is 1. The SMILES string of the molecule is CC(N)c1oc(-c2ccc(OC(F)F)c(OCCCCC(=O)N3CCOCC3)c2)nc1C(=O)N1CCN(C(=O)NC2CC2)CC1. The number of halogens is 2. The highest BCUT2D eigenvalue weighted by Crippen LogP contribution is 2.35. The summed E-state index contributed by atoms with van der Waals surface area (Å²) in [6, 6.07) is 3.73. The molecule has 1 aromatic carbocycles. The standard InChI is InChI=1S/C30H40F2N6O7/c1-19(33)26-25(28(40)37-9-11-38(12-10-37)30(41)34-21-6-7-21)35-27(45-26)20-5-8-22(44-29(31)32)23(18-20)43-15-3-2-4-24(39)36-13-16-42-17-14-36/h5,8,18-19,21,29H,2-4,6-7,9-17,33H2,1H3,(H,34,41). The van der Waals surface area contributed by atoms with Gasteiger partial charge in [0.25, 0.3) is 5.91 Å². The summed E-state index contributed by atoms with van der Waals surface area (Å²) in [4.78, 5) is 47.8. The van der Waals surface area contributed by atoms with E-state index in [4.69, 9.17) is 19.6 Å². The molecule has 3 fully saturated rings. The van der Waals surface area contributed by atoms with Crippen molar-refractivity contribution in [3.8, 4) is 23.0 Å². The van der Waals surface area contributed by atoms with Gasteiger partial charge in [0, 0.05) is 57.3 Å². The highest BCUT2D eigenvalue weighted by molar-refractivity contribution is 5.94. The third-order valence-electron chi connectivity index (χ3n) is 7.84. The number of hydrogen-bond acceptors (Lipinski definition) is 9. The minimum Gasteiger partial charge on any atom is -0.490 e. The molecule has 0 spiro atoms. The number of unbranched alkanes of at least 4 members (excludes halogenated alkanes) is 1. The summed E-state index contributed by atoms with van der Waals surface area (Å²) in [5.41, 5.74) is 6.56. The Morgan fingerprint density at radius 1 is 1.02 bits per heavy atom. The molecular formula is C30H40F2N6O7. The number of amides is 4. The van der Waals surface area contributed by atoms with E-state index >= 15 is 0 Å². The molecule has 2 aliphatic heterocycles. The maximum atomic E-state index is 13.5. The number of nitrogens with zero attached hydrogens (tertiary/aromatic N) is 4. The molecule has 1 unspecified atom stereocenters. The van der Waals surface area contributed by atoms with Crippen LogP contribution in [0.2, 0.25) is 0 Å². The second-order valence-corrected chi connectivity index (χ2v) is 11.4. The maximum absolute atomic E-state index is 13.5. The van der Waals surface area contributed by atoms with Crippen molar-refractivity contribution in [1.82, 2.24) is 25.0 Å². The molecule has 15 heteroatoms. The van der Waals surface area contributed by atoms with E-state index in [0.29, 0.717) is 77.3 Å². The number of aromatic nitrogens is 1. The summed E-state index contributed by atoms with van der Waals surface area (Å²) in [5.74, 6) is -0.206. The molecule has 0 radical (unpaired) electrons. The first kappa shape index (κ1) is 32.4. The minimum atomic E-state index is -3.07. The van der Waals surface area contributed by atoms with Gasteiger partial charge in [-0.25, -0.2) is 9.78 Å². The first-order chi connectivity index (χ1) is 21.7. The number of nitrogens with one attached hydrogen (secondary N) is 1. The van der Waals surface area contributed by atoms with Crippen LogP contribution in [0.3, 0.4) is 0 Å². The van der Waals surface area contributed by atoms with Crippen LogP contribution in [0.5, 0.6) is 11.5 Å². The summed E-state index contributed by atoms with van der Waals surface area (Å²) < 4.78 is 47.9. The Kier molecular flexibility index (Phi) is 10.7. The average molecular weight is 635 g/mol. The van der Waals surface area contributed by atoms with Gasteiger partial charge in [-0.15, -0.1) is 0 Å². The zero-order chi connectivity index (χ0) is 31.9.